The van der Waals surface area contributed by atoms with Gasteiger partial charge >= 0.3 is 0 Å². The average Bonchev–Trinajstić information content (AvgIpc) is 3.07. The monoisotopic (exact) mass is 398 g/mol. The summed E-state index contributed by atoms with van der Waals surface area (Å²) in [5.74, 6) is -1.67. The van der Waals surface area contributed by atoms with E-state index in [9.17, 15) is 13.6 Å². The van der Waals surface area contributed by atoms with E-state index >= 15 is 0 Å². The Morgan fingerprint density at radius 1 is 1.11 bits per heavy atom. The van der Waals surface area contributed by atoms with Gasteiger partial charge in [0.1, 0.15) is 11.6 Å². The number of rotatable bonds is 4. The number of hydrogen-bond donors (Lipinski definition) is 1. The molecule has 3 aromatic rings. The van der Waals surface area contributed by atoms with E-state index in [1.165, 1.54) is 35.1 Å². The zero-order chi connectivity index (χ0) is 20.3. The van der Waals surface area contributed by atoms with Gasteiger partial charge in [0.2, 0.25) is 5.91 Å². The first-order valence-electron chi connectivity index (χ1n) is 8.73. The summed E-state index contributed by atoms with van der Waals surface area (Å²) in [5, 5.41) is 4.61. The van der Waals surface area contributed by atoms with Crippen LogP contribution in [-0.4, -0.2) is 10.9 Å². The molecule has 0 radical (unpaired) electrons. The zero-order valence-corrected chi connectivity index (χ0v) is 16.6. The molecule has 0 saturated carbocycles. The fraction of sp³-hybridized carbons (Fsp3) is 0.182. The second-order valence-electron chi connectivity index (χ2n) is 7.36. The maximum Gasteiger partial charge on any atom is 0.250 e. The normalized spacial score (nSPS) is 11.8. The Labute approximate surface area is 166 Å². The topological polar surface area (TPSA) is 42.0 Å². The Balaban J connectivity index is 1.65. The van der Waals surface area contributed by atoms with Gasteiger partial charge < -0.3 is 0 Å². The maximum atomic E-state index is 13.8. The lowest BCUT2D eigenvalue weighted by Crippen LogP contribution is -2.10. The van der Waals surface area contributed by atoms with Gasteiger partial charge in [0.05, 0.1) is 5.69 Å². The number of aromatic nitrogens is 1. The number of carbonyl (C=O) groups is 1. The van der Waals surface area contributed by atoms with Gasteiger partial charge in [0.25, 0.3) is 0 Å². The van der Waals surface area contributed by atoms with Crippen molar-refractivity contribution in [3.05, 3.63) is 76.7 Å². The minimum absolute atomic E-state index is 0.0756. The van der Waals surface area contributed by atoms with E-state index in [0.717, 1.165) is 11.6 Å². The molecule has 1 N–H and O–H groups in total. The molecule has 0 aliphatic carbocycles. The fourth-order valence-electron chi connectivity index (χ4n) is 2.57. The molecule has 2 aromatic carbocycles. The van der Waals surface area contributed by atoms with Crippen molar-refractivity contribution in [3.8, 4) is 11.3 Å². The van der Waals surface area contributed by atoms with Crippen molar-refractivity contribution < 1.29 is 13.6 Å². The smallest absolute Gasteiger partial charge is 0.250 e. The lowest BCUT2D eigenvalue weighted by atomic mass is 9.87. The predicted octanol–water partition coefficient (Wildman–Crippen LogP) is 6.04. The number of thiazole rings is 1. The Bertz CT molecular complexity index is 1020. The highest BCUT2D eigenvalue weighted by Crippen LogP contribution is 2.27. The third-order valence-electron chi connectivity index (χ3n) is 4.15. The van der Waals surface area contributed by atoms with Crippen LogP contribution in [0.25, 0.3) is 17.3 Å². The van der Waals surface area contributed by atoms with Crippen LogP contribution in [0.5, 0.6) is 0 Å². The van der Waals surface area contributed by atoms with Crippen molar-refractivity contribution in [2.75, 3.05) is 5.32 Å². The summed E-state index contributed by atoms with van der Waals surface area (Å²) < 4.78 is 26.9. The predicted molar refractivity (Wildman–Crippen MR) is 110 cm³/mol. The average molecular weight is 398 g/mol. The maximum absolute atomic E-state index is 13.8. The number of halogens is 2. The van der Waals surface area contributed by atoms with Crippen LogP contribution in [0, 0.1) is 11.6 Å². The Morgan fingerprint density at radius 3 is 2.46 bits per heavy atom. The van der Waals surface area contributed by atoms with Gasteiger partial charge in [-0.15, -0.1) is 11.3 Å². The third-order valence-corrected chi connectivity index (χ3v) is 4.90. The number of carbonyl (C=O) groups excluding carboxylic acids is 1. The lowest BCUT2D eigenvalue weighted by molar-refractivity contribution is -0.111. The minimum Gasteiger partial charge on any atom is -0.298 e. The van der Waals surface area contributed by atoms with Crippen LogP contribution in [0.15, 0.2) is 53.9 Å². The molecule has 1 heterocycles. The molecule has 0 atom stereocenters. The minimum atomic E-state index is -0.693. The molecule has 28 heavy (non-hydrogen) atoms. The number of hydrogen-bond acceptors (Lipinski definition) is 3. The summed E-state index contributed by atoms with van der Waals surface area (Å²) in [4.78, 5) is 16.3. The molecule has 0 aliphatic heterocycles. The first-order valence-corrected chi connectivity index (χ1v) is 9.61. The zero-order valence-electron chi connectivity index (χ0n) is 15.8. The van der Waals surface area contributed by atoms with Crippen LogP contribution < -0.4 is 5.32 Å². The Kier molecular flexibility index (Phi) is 5.70. The second kappa shape index (κ2) is 8.02. The van der Waals surface area contributed by atoms with Gasteiger partial charge in [-0.3, -0.25) is 10.1 Å². The van der Waals surface area contributed by atoms with Crippen LogP contribution in [0.4, 0.5) is 13.9 Å². The Hall–Kier alpha value is -2.86. The standard InChI is InChI=1S/C22H20F2N2OS/c1-22(2,3)15-7-4-14(5-8-15)6-11-20(27)26-21-25-19(13-28-21)17-10-9-16(23)12-18(17)24/h4-13H,1-3H3,(H,25,26,27). The van der Waals surface area contributed by atoms with Crippen LogP contribution in [0.2, 0.25) is 0 Å². The van der Waals surface area contributed by atoms with E-state index in [2.05, 4.69) is 31.1 Å². The highest BCUT2D eigenvalue weighted by Gasteiger charge is 2.13. The molecule has 1 amide bonds. The van der Waals surface area contributed by atoms with Crippen molar-refractivity contribution >= 4 is 28.5 Å². The van der Waals surface area contributed by atoms with Gasteiger partial charge in [0.15, 0.2) is 5.13 Å². The molecular formula is C22H20F2N2OS. The SMILES string of the molecule is CC(C)(C)c1ccc(C=CC(=O)Nc2nc(-c3ccc(F)cc3F)cs2)cc1. The molecule has 1 aromatic heterocycles. The first kappa shape index (κ1) is 19.9. The lowest BCUT2D eigenvalue weighted by Gasteiger charge is -2.18. The van der Waals surface area contributed by atoms with Crippen molar-refractivity contribution in [1.82, 2.24) is 4.98 Å². The van der Waals surface area contributed by atoms with Gasteiger partial charge in [0, 0.05) is 23.1 Å². The van der Waals surface area contributed by atoms with E-state index < -0.39 is 11.6 Å². The van der Waals surface area contributed by atoms with Crippen LogP contribution in [0.1, 0.15) is 31.9 Å². The van der Waals surface area contributed by atoms with E-state index in [1.807, 2.05) is 24.3 Å². The van der Waals surface area contributed by atoms with Gasteiger partial charge in [-0.25, -0.2) is 13.8 Å². The molecule has 0 bridgehead atoms. The van der Waals surface area contributed by atoms with E-state index in [1.54, 1.807) is 11.5 Å². The van der Waals surface area contributed by atoms with E-state index in [4.69, 9.17) is 0 Å². The number of benzene rings is 2. The van der Waals surface area contributed by atoms with Crippen molar-refractivity contribution in [2.24, 2.45) is 0 Å². The highest BCUT2D eigenvalue weighted by molar-refractivity contribution is 7.14. The summed E-state index contributed by atoms with van der Waals surface area (Å²) in [6.45, 7) is 6.43. The van der Waals surface area contributed by atoms with Crippen LogP contribution in [-0.2, 0) is 10.2 Å². The summed E-state index contributed by atoms with van der Waals surface area (Å²) >= 11 is 1.17. The molecule has 144 valence electrons. The van der Waals surface area contributed by atoms with Crippen molar-refractivity contribution in [1.29, 1.82) is 0 Å². The quantitative estimate of drug-likeness (QED) is 0.545. The van der Waals surface area contributed by atoms with Crippen LogP contribution in [0.3, 0.4) is 0 Å². The summed E-state index contributed by atoms with van der Waals surface area (Å²) in [7, 11) is 0. The van der Waals surface area contributed by atoms with Gasteiger partial charge in [-0.2, -0.15) is 0 Å². The third kappa shape index (κ3) is 4.89. The number of nitrogens with zero attached hydrogens (tertiary/aromatic N) is 1. The first-order chi connectivity index (χ1) is 13.2. The number of anilines is 1. The number of nitrogens with one attached hydrogen (secondary N) is 1. The second-order valence-corrected chi connectivity index (χ2v) is 8.21. The molecule has 3 rings (SSSR count). The van der Waals surface area contributed by atoms with Crippen LogP contribution >= 0.6 is 11.3 Å². The molecule has 6 heteroatoms. The van der Waals surface area contributed by atoms with E-state index in [-0.39, 0.29) is 16.9 Å². The van der Waals surface area contributed by atoms with E-state index in [0.29, 0.717) is 10.8 Å². The summed E-state index contributed by atoms with van der Waals surface area (Å²) in [6.07, 6.45) is 3.14. The highest BCUT2D eigenvalue weighted by atomic mass is 32.1. The molecular weight excluding hydrogens is 378 g/mol. The molecule has 0 spiro atoms. The number of amides is 1. The molecule has 0 unspecified atom stereocenters. The summed E-state index contributed by atoms with van der Waals surface area (Å²) in [5.41, 5.74) is 2.74. The van der Waals surface area contributed by atoms with Crippen molar-refractivity contribution in [3.63, 3.8) is 0 Å². The van der Waals surface area contributed by atoms with Gasteiger partial charge in [-0.1, -0.05) is 45.0 Å². The molecule has 0 saturated heterocycles. The fourth-order valence-corrected chi connectivity index (χ4v) is 3.28. The van der Waals surface area contributed by atoms with Crippen molar-refractivity contribution in [2.45, 2.75) is 26.2 Å². The summed E-state index contributed by atoms with van der Waals surface area (Å²) in [6, 6.07) is 11.3. The molecule has 0 fully saturated rings. The molecule has 3 nitrogen and oxygen atoms in total. The Morgan fingerprint density at radius 2 is 1.82 bits per heavy atom. The largest absolute Gasteiger partial charge is 0.298 e. The van der Waals surface area contributed by atoms with Gasteiger partial charge in [-0.05, 0) is 34.8 Å². The molecule has 0 aliphatic rings.